The van der Waals surface area contributed by atoms with E-state index in [1.54, 1.807) is 18.2 Å². The molecule has 1 aromatic rings. The fraction of sp³-hybridized carbons (Fsp3) is 0.417. The zero-order valence-corrected chi connectivity index (χ0v) is 11.7. The van der Waals surface area contributed by atoms with Crippen LogP contribution in [0.15, 0.2) is 24.3 Å². The van der Waals surface area contributed by atoms with Crippen molar-refractivity contribution in [3.8, 4) is 0 Å². The molecule has 6 nitrogen and oxygen atoms in total. The monoisotopic (exact) mass is 329 g/mol. The molecule has 101 valence electrons. The predicted molar refractivity (Wildman–Crippen MR) is 69.1 cm³/mol. The summed E-state index contributed by atoms with van der Waals surface area (Å²) in [5.41, 5.74) is 6.47. The summed E-state index contributed by atoms with van der Waals surface area (Å²) in [5, 5.41) is 20.2. The second-order valence-corrected chi connectivity index (χ2v) is 6.28. The maximum atomic E-state index is 11.3. The van der Waals surface area contributed by atoms with E-state index in [4.69, 9.17) is 5.73 Å². The van der Waals surface area contributed by atoms with E-state index in [1.807, 2.05) is 0 Å². The summed E-state index contributed by atoms with van der Waals surface area (Å²) in [6, 6.07) is 5.87. The van der Waals surface area contributed by atoms with Crippen LogP contribution in [0.5, 0.6) is 0 Å². The van der Waals surface area contributed by atoms with Gasteiger partial charge in [-0.3, -0.25) is 0 Å². The number of hydrogen-bond acceptors (Lipinski definition) is 4. The van der Waals surface area contributed by atoms with Crippen molar-refractivity contribution < 1.29 is 14.8 Å². The zero-order valence-electron chi connectivity index (χ0n) is 9.98. The van der Waals surface area contributed by atoms with Gasteiger partial charge in [0, 0.05) is 0 Å². The molecule has 0 saturated heterocycles. The van der Waals surface area contributed by atoms with Crippen LogP contribution in [0.3, 0.4) is 0 Å². The van der Waals surface area contributed by atoms with Gasteiger partial charge in [-0.05, 0) is 0 Å². The number of nitro benzene ring substituents is 1. The van der Waals surface area contributed by atoms with Crippen molar-refractivity contribution in [2.75, 3.05) is 0 Å². The third kappa shape index (κ3) is 2.36. The topological polar surface area (TPSA) is 106 Å². The number of hydrogen-bond donors (Lipinski definition) is 2. The molecule has 3 N–H and O–H groups in total. The molecule has 19 heavy (non-hydrogen) atoms. The summed E-state index contributed by atoms with van der Waals surface area (Å²) in [6.45, 7) is 0. The number of rotatable bonds is 3. The van der Waals surface area contributed by atoms with Crippen molar-refractivity contribution >= 4 is 27.7 Å². The van der Waals surface area contributed by atoms with Gasteiger partial charge in [0.05, 0.1) is 0 Å². The fourth-order valence-electron chi connectivity index (χ4n) is 2.58. The molecule has 0 aromatic heterocycles. The number of benzene rings is 1. The van der Waals surface area contributed by atoms with Crippen molar-refractivity contribution in [1.29, 1.82) is 0 Å². The minimum absolute atomic E-state index is 0.0225. The Morgan fingerprint density at radius 3 is 2.68 bits per heavy atom. The Labute approximate surface area is 117 Å². The second kappa shape index (κ2) is 4.92. The molecule has 1 aliphatic rings. The number of nitrogens with two attached hydrogens (primary N) is 1. The molecule has 1 saturated carbocycles. The third-order valence-corrected chi connectivity index (χ3v) is 4.97. The van der Waals surface area contributed by atoms with Gasteiger partial charge in [-0.15, -0.1) is 0 Å². The van der Waals surface area contributed by atoms with Gasteiger partial charge in [-0.1, -0.05) is 0 Å². The van der Waals surface area contributed by atoms with Gasteiger partial charge < -0.3 is 0 Å². The van der Waals surface area contributed by atoms with E-state index in [1.165, 1.54) is 6.07 Å². The zero-order chi connectivity index (χ0) is 14.2. The van der Waals surface area contributed by atoms with E-state index in [-0.39, 0.29) is 18.0 Å². The Morgan fingerprint density at radius 1 is 1.53 bits per heavy atom. The Morgan fingerprint density at radius 2 is 2.16 bits per heavy atom. The number of nitro groups is 1. The normalized spacial score (nSPS) is 30.2. The first-order valence-electron chi connectivity index (χ1n) is 5.79. The summed E-state index contributed by atoms with van der Waals surface area (Å²) in [5.74, 6) is -1.21. The molecule has 0 bridgehead atoms. The molecule has 0 heterocycles. The molecular formula is C12H13N2O4Se. The van der Waals surface area contributed by atoms with E-state index in [0.29, 0.717) is 12.0 Å². The van der Waals surface area contributed by atoms with E-state index in [0.717, 1.165) is 0 Å². The van der Waals surface area contributed by atoms with Gasteiger partial charge in [-0.2, -0.15) is 0 Å². The van der Waals surface area contributed by atoms with Crippen molar-refractivity contribution in [2.45, 2.75) is 29.1 Å². The quantitative estimate of drug-likeness (QED) is 0.493. The molecule has 1 fully saturated rings. The van der Waals surface area contributed by atoms with E-state index in [2.05, 4.69) is 16.0 Å². The Kier molecular flexibility index (Phi) is 3.62. The van der Waals surface area contributed by atoms with E-state index < -0.39 is 21.2 Å². The maximum absolute atomic E-state index is 11.3. The third-order valence-electron chi connectivity index (χ3n) is 3.62. The molecule has 0 spiro atoms. The van der Waals surface area contributed by atoms with Crippen LogP contribution >= 0.6 is 0 Å². The number of para-hydroxylation sites is 1. The van der Waals surface area contributed by atoms with Crippen LogP contribution < -0.4 is 5.73 Å². The van der Waals surface area contributed by atoms with Gasteiger partial charge in [0.1, 0.15) is 0 Å². The summed E-state index contributed by atoms with van der Waals surface area (Å²) >= 11 is 2.66. The predicted octanol–water partition coefficient (Wildman–Crippen LogP) is 1.21. The molecule has 7 heteroatoms. The van der Waals surface area contributed by atoms with Crippen LogP contribution in [0.2, 0.25) is 4.31 Å². The van der Waals surface area contributed by atoms with Gasteiger partial charge in [0.2, 0.25) is 0 Å². The molecule has 3 unspecified atom stereocenters. The Bertz CT molecular complexity index is 536. The second-order valence-electron chi connectivity index (χ2n) is 4.75. The van der Waals surface area contributed by atoms with Gasteiger partial charge in [0.15, 0.2) is 0 Å². The number of carboxylic acid groups (broad SMARTS) is 1. The number of nitrogens with zero attached hydrogens (tertiary/aromatic N) is 1. The molecule has 0 aliphatic heterocycles. The van der Waals surface area contributed by atoms with E-state index in [9.17, 15) is 20.0 Å². The van der Waals surface area contributed by atoms with Gasteiger partial charge in [0.25, 0.3) is 0 Å². The van der Waals surface area contributed by atoms with Crippen molar-refractivity contribution in [1.82, 2.24) is 0 Å². The summed E-state index contributed by atoms with van der Waals surface area (Å²) in [4.78, 5) is 21.8. The van der Waals surface area contributed by atoms with Crippen LogP contribution in [-0.2, 0) is 4.79 Å². The van der Waals surface area contributed by atoms with Crippen LogP contribution in [0.25, 0.3) is 0 Å². The number of carbonyl (C=O) groups is 1. The molecule has 3 atom stereocenters. The molecule has 0 amide bonds. The van der Waals surface area contributed by atoms with Gasteiger partial charge in [-0.25, -0.2) is 0 Å². The van der Waals surface area contributed by atoms with Crippen LogP contribution in [0, 0.1) is 10.1 Å². The first kappa shape index (κ1) is 14.0. The first-order chi connectivity index (χ1) is 8.86. The first-order valence-corrected chi connectivity index (χ1v) is 6.64. The van der Waals surface area contributed by atoms with Crippen molar-refractivity contribution in [3.63, 3.8) is 0 Å². The standard InChI is InChI=1S/C12H13N2O4Se/c13-10-5-7(6-12(10,19)11(15)16)8-3-1-2-4-9(8)14(17)18/h1-4,7,10H,5-6,13H2,(H,15,16). The summed E-state index contributed by atoms with van der Waals surface area (Å²) in [7, 11) is 0. The average Bonchev–Trinajstić information content (AvgIpc) is 2.67. The SMILES string of the molecule is NC1CC(c2ccccc2[N+](=O)[O-])CC1([Se])C(=O)O. The Balaban J connectivity index is 2.36. The van der Waals surface area contributed by atoms with Crippen LogP contribution in [0.1, 0.15) is 24.3 Å². The number of carboxylic acids is 1. The molecule has 1 radical (unpaired) electrons. The minimum atomic E-state index is -1.14. The fourth-order valence-corrected chi connectivity index (χ4v) is 3.20. The van der Waals surface area contributed by atoms with Crippen molar-refractivity contribution in [3.05, 3.63) is 39.9 Å². The summed E-state index contributed by atoms with van der Waals surface area (Å²) in [6.07, 6.45) is 0.693. The van der Waals surface area contributed by atoms with Gasteiger partial charge >= 0.3 is 117 Å². The molecule has 1 aliphatic carbocycles. The van der Waals surface area contributed by atoms with Crippen molar-refractivity contribution in [2.24, 2.45) is 5.73 Å². The van der Waals surface area contributed by atoms with Crippen LogP contribution in [0.4, 0.5) is 5.69 Å². The molecular weight excluding hydrogens is 315 g/mol. The molecule has 1 aromatic carbocycles. The molecule has 2 rings (SSSR count). The van der Waals surface area contributed by atoms with E-state index >= 15 is 0 Å². The average molecular weight is 328 g/mol. The summed E-state index contributed by atoms with van der Waals surface area (Å²) < 4.78 is -1.14. The number of aliphatic carboxylic acids is 1. The Hall–Kier alpha value is -1.43. The van der Waals surface area contributed by atoms with Crippen LogP contribution in [-0.4, -0.2) is 38.1 Å².